The Morgan fingerprint density at radius 1 is 1.32 bits per heavy atom. The average molecular weight is 456 g/mol. The molecule has 0 aromatic rings. The third kappa shape index (κ3) is 8.72. The molecule has 0 saturated heterocycles. The van der Waals surface area contributed by atoms with Gasteiger partial charge >= 0.3 is 0 Å². The number of allylic oxidation sites excluding steroid dienone is 6. The number of aliphatic hydroxyl groups is 1. The molecule has 0 spiro atoms. The van der Waals surface area contributed by atoms with Gasteiger partial charge in [0, 0.05) is 3.92 Å². The second-order valence-electron chi connectivity index (χ2n) is 9.15. The Morgan fingerprint density at radius 2 is 1.96 bits per heavy atom. The summed E-state index contributed by atoms with van der Waals surface area (Å²) in [4.78, 5) is 0. The van der Waals surface area contributed by atoms with E-state index in [2.05, 4.69) is 89.3 Å². The molecule has 2 unspecified atom stereocenters. The number of hydrogen-bond acceptors (Lipinski definition) is 1. The highest BCUT2D eigenvalue weighted by Gasteiger charge is 2.23. The summed E-state index contributed by atoms with van der Waals surface area (Å²) in [6, 6.07) is 0. The van der Waals surface area contributed by atoms with E-state index in [0.29, 0.717) is 3.92 Å². The molecule has 1 nitrogen and oxygen atoms in total. The SMILES string of the molecule is C/C(=C/CC(C)(C)C/C(C)=C/C(C)(C)CC1=CCC=CC1O)C(C)I. The third-order valence-corrected chi connectivity index (χ3v) is 5.86. The predicted octanol–water partition coefficient (Wildman–Crippen LogP) is 7.17. The van der Waals surface area contributed by atoms with E-state index in [0.717, 1.165) is 31.3 Å². The molecule has 0 bridgehead atoms. The molecule has 0 aliphatic heterocycles. The Bertz CT molecular complexity index is 559. The van der Waals surface area contributed by atoms with E-state index < -0.39 is 6.10 Å². The standard InChI is InChI=1S/C23H37IO/c1-17(14-22(4,5)13-12-18(2)19(3)24)15-23(6,7)16-20-10-8-9-11-21(20)25/h9-12,15,19,21,25H,8,13-14,16H2,1-7H3/b17-15+,18-12-. The summed E-state index contributed by atoms with van der Waals surface area (Å²) in [5, 5.41) is 10.1. The van der Waals surface area contributed by atoms with Crippen LogP contribution in [0.1, 0.15) is 74.1 Å². The topological polar surface area (TPSA) is 20.2 Å². The molecule has 0 radical (unpaired) electrons. The minimum atomic E-state index is -0.401. The Labute approximate surface area is 169 Å². The first-order valence-electron chi connectivity index (χ1n) is 9.44. The lowest BCUT2D eigenvalue weighted by atomic mass is 9.77. The number of hydrogen-bond donors (Lipinski definition) is 1. The molecule has 1 N–H and O–H groups in total. The molecular weight excluding hydrogens is 419 g/mol. The van der Waals surface area contributed by atoms with Gasteiger partial charge in [-0.1, -0.05) is 91.8 Å². The molecule has 0 aromatic heterocycles. The van der Waals surface area contributed by atoms with Crippen LogP contribution >= 0.6 is 22.6 Å². The molecule has 1 aliphatic rings. The second-order valence-corrected chi connectivity index (χ2v) is 11.0. The fraction of sp³-hybridized carbons (Fsp3) is 0.652. The number of rotatable bonds is 8. The van der Waals surface area contributed by atoms with Crippen LogP contribution in [-0.4, -0.2) is 15.1 Å². The van der Waals surface area contributed by atoms with Crippen LogP contribution in [0.4, 0.5) is 0 Å². The quantitative estimate of drug-likeness (QED) is 0.233. The van der Waals surface area contributed by atoms with E-state index in [-0.39, 0.29) is 10.8 Å². The lowest BCUT2D eigenvalue weighted by Crippen LogP contribution is -2.18. The zero-order chi connectivity index (χ0) is 19.3. The van der Waals surface area contributed by atoms with E-state index in [1.807, 2.05) is 12.2 Å². The van der Waals surface area contributed by atoms with E-state index in [9.17, 15) is 5.11 Å². The van der Waals surface area contributed by atoms with Gasteiger partial charge in [-0.2, -0.15) is 0 Å². The van der Waals surface area contributed by atoms with Gasteiger partial charge in [0.25, 0.3) is 0 Å². The smallest absolute Gasteiger partial charge is 0.0932 e. The molecule has 142 valence electrons. The zero-order valence-corrected chi connectivity index (χ0v) is 19.4. The van der Waals surface area contributed by atoms with Crippen molar-refractivity contribution >= 4 is 22.6 Å². The van der Waals surface area contributed by atoms with Gasteiger partial charge in [-0.3, -0.25) is 0 Å². The van der Waals surface area contributed by atoms with Gasteiger partial charge in [0.1, 0.15) is 0 Å². The number of aliphatic hydroxyl groups excluding tert-OH is 1. The molecular formula is C23H37IO. The van der Waals surface area contributed by atoms with Gasteiger partial charge < -0.3 is 5.11 Å². The molecule has 0 amide bonds. The molecule has 25 heavy (non-hydrogen) atoms. The second kappa shape index (κ2) is 9.55. The van der Waals surface area contributed by atoms with E-state index >= 15 is 0 Å². The molecule has 0 fully saturated rings. The largest absolute Gasteiger partial charge is 0.385 e. The summed E-state index contributed by atoms with van der Waals surface area (Å²) >= 11 is 2.48. The fourth-order valence-corrected chi connectivity index (χ4v) is 3.82. The maximum absolute atomic E-state index is 10.1. The highest BCUT2D eigenvalue weighted by molar-refractivity contribution is 14.1. The first kappa shape index (κ1) is 22.7. The molecule has 0 saturated carbocycles. The maximum Gasteiger partial charge on any atom is 0.0932 e. The lowest BCUT2D eigenvalue weighted by molar-refractivity contribution is 0.242. The van der Waals surface area contributed by atoms with Crippen LogP contribution < -0.4 is 0 Å². The number of alkyl halides is 1. The van der Waals surface area contributed by atoms with Gasteiger partial charge in [-0.25, -0.2) is 0 Å². The summed E-state index contributed by atoms with van der Waals surface area (Å²) < 4.78 is 0.605. The zero-order valence-electron chi connectivity index (χ0n) is 17.2. The van der Waals surface area contributed by atoms with Crippen molar-refractivity contribution in [2.24, 2.45) is 10.8 Å². The van der Waals surface area contributed by atoms with Crippen LogP contribution in [0.15, 0.2) is 47.1 Å². The molecule has 0 aromatic carbocycles. The first-order chi connectivity index (χ1) is 11.4. The summed E-state index contributed by atoms with van der Waals surface area (Å²) in [6.07, 6.45) is 14.6. The van der Waals surface area contributed by atoms with E-state index in [1.165, 1.54) is 11.1 Å². The number of halogens is 1. The van der Waals surface area contributed by atoms with Crippen molar-refractivity contribution in [1.82, 2.24) is 0 Å². The fourth-order valence-electron chi connectivity index (χ4n) is 3.57. The van der Waals surface area contributed by atoms with Gasteiger partial charge in [-0.15, -0.1) is 0 Å². The van der Waals surface area contributed by atoms with Crippen molar-refractivity contribution in [2.45, 2.75) is 84.2 Å². The summed E-state index contributed by atoms with van der Waals surface area (Å²) in [7, 11) is 0. The van der Waals surface area contributed by atoms with Crippen molar-refractivity contribution in [3.63, 3.8) is 0 Å². The normalized spacial score (nSPS) is 21.3. The summed E-state index contributed by atoms with van der Waals surface area (Å²) in [6.45, 7) is 16.0. The maximum atomic E-state index is 10.1. The van der Waals surface area contributed by atoms with E-state index in [1.54, 1.807) is 0 Å². The Balaban J connectivity index is 2.71. The van der Waals surface area contributed by atoms with E-state index in [4.69, 9.17) is 0 Å². The minimum absolute atomic E-state index is 0.0701. The Hall–Kier alpha value is -0.350. The van der Waals surface area contributed by atoms with Crippen LogP contribution in [0.2, 0.25) is 0 Å². The Morgan fingerprint density at radius 3 is 2.52 bits per heavy atom. The first-order valence-corrected chi connectivity index (χ1v) is 10.7. The van der Waals surface area contributed by atoms with Gasteiger partial charge in [0.2, 0.25) is 0 Å². The molecule has 2 atom stereocenters. The Kier molecular flexibility index (Phi) is 8.66. The van der Waals surface area contributed by atoms with Crippen molar-refractivity contribution in [3.05, 3.63) is 47.1 Å². The van der Waals surface area contributed by atoms with Crippen molar-refractivity contribution < 1.29 is 5.11 Å². The van der Waals surface area contributed by atoms with Crippen LogP contribution in [-0.2, 0) is 0 Å². The molecule has 1 rings (SSSR count). The van der Waals surface area contributed by atoms with Gasteiger partial charge in [-0.05, 0) is 62.9 Å². The average Bonchev–Trinajstić information content (AvgIpc) is 2.45. The van der Waals surface area contributed by atoms with Crippen LogP contribution in [0, 0.1) is 10.8 Å². The monoisotopic (exact) mass is 456 g/mol. The van der Waals surface area contributed by atoms with Gasteiger partial charge in [0.15, 0.2) is 0 Å². The highest BCUT2D eigenvalue weighted by Crippen LogP contribution is 2.35. The summed E-state index contributed by atoms with van der Waals surface area (Å²) in [5.74, 6) is 0. The van der Waals surface area contributed by atoms with Crippen LogP contribution in [0.25, 0.3) is 0 Å². The summed E-state index contributed by atoms with van der Waals surface area (Å²) in [5.41, 5.74) is 4.42. The van der Waals surface area contributed by atoms with Crippen LogP contribution in [0.5, 0.6) is 0 Å². The minimum Gasteiger partial charge on any atom is -0.385 e. The third-order valence-electron chi connectivity index (χ3n) is 4.87. The van der Waals surface area contributed by atoms with Crippen molar-refractivity contribution in [3.8, 4) is 0 Å². The predicted molar refractivity (Wildman–Crippen MR) is 120 cm³/mol. The van der Waals surface area contributed by atoms with Gasteiger partial charge in [0.05, 0.1) is 6.10 Å². The van der Waals surface area contributed by atoms with Crippen LogP contribution in [0.3, 0.4) is 0 Å². The lowest BCUT2D eigenvalue weighted by Gasteiger charge is -2.29. The highest BCUT2D eigenvalue weighted by atomic mass is 127. The molecule has 2 heteroatoms. The molecule has 0 heterocycles. The molecule has 1 aliphatic carbocycles. The van der Waals surface area contributed by atoms with Crippen molar-refractivity contribution in [1.29, 1.82) is 0 Å². The van der Waals surface area contributed by atoms with Crippen molar-refractivity contribution in [2.75, 3.05) is 0 Å².